The van der Waals surface area contributed by atoms with Crippen LogP contribution >= 0.6 is 12.4 Å². The zero-order chi connectivity index (χ0) is 15.3. The minimum Gasteiger partial charge on any atom is -0.355 e. The van der Waals surface area contributed by atoms with Crippen molar-refractivity contribution in [3.05, 3.63) is 35.4 Å². The number of carbonyl (C=O) groups is 2. The maximum absolute atomic E-state index is 12.1. The van der Waals surface area contributed by atoms with Crippen LogP contribution in [0.2, 0.25) is 0 Å². The SMILES string of the molecule is CNC(=O)c1cccc(CCNC(=O)C2(N)CCCC2)c1.Cl. The number of hydrogen-bond donors (Lipinski definition) is 3. The lowest BCUT2D eigenvalue weighted by atomic mass is 9.98. The summed E-state index contributed by atoms with van der Waals surface area (Å²) < 4.78 is 0. The van der Waals surface area contributed by atoms with Crippen molar-refractivity contribution in [2.45, 2.75) is 37.6 Å². The minimum absolute atomic E-state index is 0. The van der Waals surface area contributed by atoms with Crippen LogP contribution in [0.25, 0.3) is 0 Å². The van der Waals surface area contributed by atoms with Crippen LogP contribution in [-0.4, -0.2) is 30.9 Å². The Balaban J connectivity index is 0.00000242. The van der Waals surface area contributed by atoms with Gasteiger partial charge in [0, 0.05) is 19.2 Å². The first kappa shape index (κ1) is 18.5. The molecule has 0 radical (unpaired) electrons. The predicted molar refractivity (Wildman–Crippen MR) is 89.2 cm³/mol. The summed E-state index contributed by atoms with van der Waals surface area (Å²) in [4.78, 5) is 23.6. The van der Waals surface area contributed by atoms with Gasteiger partial charge in [-0.3, -0.25) is 9.59 Å². The lowest BCUT2D eigenvalue weighted by Crippen LogP contribution is -2.52. The Kier molecular flexibility index (Phi) is 6.84. The van der Waals surface area contributed by atoms with E-state index in [1.165, 1.54) is 0 Å². The van der Waals surface area contributed by atoms with E-state index >= 15 is 0 Å². The molecular formula is C16H24ClN3O2. The van der Waals surface area contributed by atoms with Crippen LogP contribution in [0.3, 0.4) is 0 Å². The number of nitrogens with two attached hydrogens (primary N) is 1. The Morgan fingerprint density at radius 1 is 1.27 bits per heavy atom. The molecule has 1 aromatic carbocycles. The standard InChI is InChI=1S/C16H23N3O2.ClH/c1-18-14(20)13-6-4-5-12(11-13)7-10-19-15(21)16(17)8-2-3-9-16;/h4-6,11H,2-3,7-10,17H2,1H3,(H,18,20)(H,19,21);1H. The fraction of sp³-hybridized carbons (Fsp3) is 0.500. The molecule has 122 valence electrons. The zero-order valence-electron chi connectivity index (χ0n) is 12.9. The van der Waals surface area contributed by atoms with Gasteiger partial charge in [0.05, 0.1) is 5.54 Å². The lowest BCUT2D eigenvalue weighted by molar-refractivity contribution is -0.126. The number of nitrogens with one attached hydrogen (secondary N) is 2. The zero-order valence-corrected chi connectivity index (χ0v) is 13.7. The molecule has 6 heteroatoms. The van der Waals surface area contributed by atoms with E-state index in [1.807, 2.05) is 18.2 Å². The summed E-state index contributed by atoms with van der Waals surface area (Å²) in [7, 11) is 1.61. The van der Waals surface area contributed by atoms with E-state index in [1.54, 1.807) is 13.1 Å². The highest BCUT2D eigenvalue weighted by Gasteiger charge is 2.36. The molecule has 0 unspecified atom stereocenters. The third-order valence-corrected chi connectivity index (χ3v) is 4.06. The maximum Gasteiger partial charge on any atom is 0.251 e. The second kappa shape index (κ2) is 8.15. The smallest absolute Gasteiger partial charge is 0.251 e. The molecule has 0 spiro atoms. The van der Waals surface area contributed by atoms with Gasteiger partial charge in [-0.15, -0.1) is 12.4 Å². The number of rotatable bonds is 5. The molecule has 1 saturated carbocycles. The van der Waals surface area contributed by atoms with Crippen molar-refractivity contribution in [3.8, 4) is 0 Å². The molecule has 4 N–H and O–H groups in total. The summed E-state index contributed by atoms with van der Waals surface area (Å²) in [5.74, 6) is -0.157. The average molecular weight is 326 g/mol. The topological polar surface area (TPSA) is 84.2 Å². The maximum atomic E-state index is 12.1. The van der Waals surface area contributed by atoms with E-state index < -0.39 is 5.54 Å². The van der Waals surface area contributed by atoms with Gasteiger partial charge in [0.15, 0.2) is 0 Å². The molecule has 0 aromatic heterocycles. The molecule has 1 fully saturated rings. The second-order valence-electron chi connectivity index (χ2n) is 5.65. The highest BCUT2D eigenvalue weighted by molar-refractivity contribution is 5.94. The van der Waals surface area contributed by atoms with Gasteiger partial charge in [0.2, 0.25) is 5.91 Å². The van der Waals surface area contributed by atoms with Crippen molar-refractivity contribution in [2.24, 2.45) is 5.73 Å². The number of halogens is 1. The van der Waals surface area contributed by atoms with Crippen molar-refractivity contribution in [3.63, 3.8) is 0 Å². The van der Waals surface area contributed by atoms with Crippen LogP contribution in [0.4, 0.5) is 0 Å². The summed E-state index contributed by atoms with van der Waals surface area (Å²) in [6.07, 6.45) is 4.28. The van der Waals surface area contributed by atoms with Crippen LogP contribution in [0.15, 0.2) is 24.3 Å². The largest absolute Gasteiger partial charge is 0.355 e. The normalized spacial score (nSPS) is 15.7. The van der Waals surface area contributed by atoms with Crippen LogP contribution in [-0.2, 0) is 11.2 Å². The van der Waals surface area contributed by atoms with Gasteiger partial charge < -0.3 is 16.4 Å². The molecule has 1 aliphatic carbocycles. The Morgan fingerprint density at radius 3 is 2.59 bits per heavy atom. The van der Waals surface area contributed by atoms with E-state index in [0.717, 1.165) is 31.2 Å². The number of benzene rings is 1. The van der Waals surface area contributed by atoms with Crippen LogP contribution in [0.1, 0.15) is 41.6 Å². The molecule has 1 aliphatic rings. The van der Waals surface area contributed by atoms with Gasteiger partial charge in [-0.2, -0.15) is 0 Å². The van der Waals surface area contributed by atoms with Gasteiger partial charge in [-0.25, -0.2) is 0 Å². The molecule has 22 heavy (non-hydrogen) atoms. The Labute approximate surface area is 137 Å². The first-order valence-corrected chi connectivity index (χ1v) is 7.43. The average Bonchev–Trinajstić information content (AvgIpc) is 2.95. The van der Waals surface area contributed by atoms with Gasteiger partial charge in [0.1, 0.15) is 0 Å². The van der Waals surface area contributed by atoms with Crippen molar-refractivity contribution in [1.82, 2.24) is 10.6 Å². The fourth-order valence-corrected chi connectivity index (χ4v) is 2.74. The summed E-state index contributed by atoms with van der Waals surface area (Å²) in [6, 6.07) is 7.42. The van der Waals surface area contributed by atoms with Crippen molar-refractivity contribution in [1.29, 1.82) is 0 Å². The van der Waals surface area contributed by atoms with E-state index in [-0.39, 0.29) is 24.2 Å². The molecule has 1 aromatic rings. The highest BCUT2D eigenvalue weighted by atomic mass is 35.5. The van der Waals surface area contributed by atoms with Gasteiger partial charge in [-0.1, -0.05) is 25.0 Å². The molecule has 0 bridgehead atoms. The molecule has 2 rings (SSSR count). The Hall–Kier alpha value is -1.59. The van der Waals surface area contributed by atoms with Crippen molar-refractivity contribution < 1.29 is 9.59 Å². The van der Waals surface area contributed by atoms with Gasteiger partial charge in [-0.05, 0) is 37.0 Å². The number of amides is 2. The van der Waals surface area contributed by atoms with E-state index in [9.17, 15) is 9.59 Å². The first-order chi connectivity index (χ1) is 10.0. The predicted octanol–water partition coefficient (Wildman–Crippen LogP) is 1.40. The van der Waals surface area contributed by atoms with E-state index in [0.29, 0.717) is 18.5 Å². The monoisotopic (exact) mass is 325 g/mol. The molecular weight excluding hydrogens is 302 g/mol. The number of hydrogen-bond acceptors (Lipinski definition) is 3. The molecule has 0 atom stereocenters. The van der Waals surface area contributed by atoms with Gasteiger partial charge >= 0.3 is 0 Å². The van der Waals surface area contributed by atoms with Crippen LogP contribution in [0, 0.1) is 0 Å². The van der Waals surface area contributed by atoms with Crippen molar-refractivity contribution in [2.75, 3.05) is 13.6 Å². The third kappa shape index (κ3) is 4.45. The van der Waals surface area contributed by atoms with E-state index in [2.05, 4.69) is 10.6 Å². The summed E-state index contributed by atoms with van der Waals surface area (Å²) >= 11 is 0. The molecule has 0 saturated heterocycles. The Bertz CT molecular complexity index is 528. The summed E-state index contributed by atoms with van der Waals surface area (Å²) in [5, 5.41) is 5.51. The fourth-order valence-electron chi connectivity index (χ4n) is 2.74. The third-order valence-electron chi connectivity index (χ3n) is 4.06. The second-order valence-corrected chi connectivity index (χ2v) is 5.65. The highest BCUT2D eigenvalue weighted by Crippen LogP contribution is 2.27. The summed E-state index contributed by atoms with van der Waals surface area (Å²) in [5.41, 5.74) is 7.08. The first-order valence-electron chi connectivity index (χ1n) is 7.43. The van der Waals surface area contributed by atoms with E-state index in [4.69, 9.17) is 5.73 Å². The van der Waals surface area contributed by atoms with Crippen LogP contribution in [0.5, 0.6) is 0 Å². The summed E-state index contributed by atoms with van der Waals surface area (Å²) in [6.45, 7) is 0.537. The molecule has 5 nitrogen and oxygen atoms in total. The Morgan fingerprint density at radius 2 is 1.95 bits per heavy atom. The number of carbonyl (C=O) groups excluding carboxylic acids is 2. The minimum atomic E-state index is -0.677. The lowest BCUT2D eigenvalue weighted by Gasteiger charge is -2.22. The van der Waals surface area contributed by atoms with Crippen LogP contribution < -0.4 is 16.4 Å². The molecule has 0 aliphatic heterocycles. The van der Waals surface area contributed by atoms with Crippen molar-refractivity contribution >= 4 is 24.2 Å². The quantitative estimate of drug-likeness (QED) is 0.765. The molecule has 2 amide bonds. The molecule has 0 heterocycles. The van der Waals surface area contributed by atoms with Gasteiger partial charge in [0.25, 0.3) is 5.91 Å².